The second-order valence-corrected chi connectivity index (χ2v) is 9.83. The summed E-state index contributed by atoms with van der Waals surface area (Å²) in [6.45, 7) is 9.79. The summed E-state index contributed by atoms with van der Waals surface area (Å²) >= 11 is 12.7. The fourth-order valence-corrected chi connectivity index (χ4v) is 4.81. The molecule has 0 radical (unpaired) electrons. The van der Waals surface area contributed by atoms with Crippen LogP contribution in [0.15, 0.2) is 29.5 Å². The lowest BCUT2D eigenvalue weighted by Crippen LogP contribution is -2.58. The molecule has 35 heavy (non-hydrogen) atoms. The van der Waals surface area contributed by atoms with Crippen LogP contribution in [-0.4, -0.2) is 84.6 Å². The number of nitrogens with zero attached hydrogens (tertiary/aromatic N) is 3. The van der Waals surface area contributed by atoms with Gasteiger partial charge in [0.2, 0.25) is 0 Å². The number of likely N-dealkylation sites (N-methyl/N-ethyl adjacent to an activating group) is 1. The minimum Gasteiger partial charge on any atom is -0.463 e. The van der Waals surface area contributed by atoms with Crippen LogP contribution in [-0.2, 0) is 9.53 Å². The van der Waals surface area contributed by atoms with E-state index in [1.54, 1.807) is 32.2 Å². The number of ether oxygens (including phenoxy) is 1. The van der Waals surface area contributed by atoms with Gasteiger partial charge >= 0.3 is 18.0 Å². The third kappa shape index (κ3) is 6.02. The van der Waals surface area contributed by atoms with E-state index in [4.69, 9.17) is 27.9 Å². The van der Waals surface area contributed by atoms with Crippen molar-refractivity contribution in [2.75, 3.05) is 39.8 Å². The minimum atomic E-state index is -0.811. The molecular weight excluding hydrogens is 493 g/mol. The Labute approximate surface area is 216 Å². The van der Waals surface area contributed by atoms with E-state index in [-0.39, 0.29) is 35.8 Å². The summed E-state index contributed by atoms with van der Waals surface area (Å²) in [5, 5.41) is 6.39. The lowest BCUT2D eigenvalue weighted by atomic mass is 9.94. The van der Waals surface area contributed by atoms with Crippen LogP contribution in [0.2, 0.25) is 10.0 Å². The summed E-state index contributed by atoms with van der Waals surface area (Å²) in [6.07, 6.45) is 0. The van der Waals surface area contributed by atoms with E-state index in [0.717, 1.165) is 0 Å². The van der Waals surface area contributed by atoms with Gasteiger partial charge in [-0.1, -0.05) is 35.3 Å². The highest BCUT2D eigenvalue weighted by Crippen LogP contribution is 2.37. The monoisotopic (exact) mass is 525 g/mol. The molecule has 0 spiro atoms. The number of benzene rings is 1. The molecule has 2 atom stereocenters. The van der Waals surface area contributed by atoms with E-state index >= 15 is 0 Å². The zero-order chi connectivity index (χ0) is 25.9. The number of amides is 4. The van der Waals surface area contributed by atoms with Gasteiger partial charge in [0.1, 0.15) is 0 Å². The summed E-state index contributed by atoms with van der Waals surface area (Å²) in [5.74, 6) is -0.529. The summed E-state index contributed by atoms with van der Waals surface area (Å²) in [7, 11) is 1.62. The number of halogens is 2. The van der Waals surface area contributed by atoms with Crippen molar-refractivity contribution in [2.45, 2.75) is 45.8 Å². The first kappa shape index (κ1) is 27.1. The normalized spacial score (nSPS) is 21.3. The van der Waals surface area contributed by atoms with Crippen LogP contribution in [0.5, 0.6) is 0 Å². The molecule has 2 aliphatic rings. The standard InChI is InChI=1S/C24H33Cl2N5O4/c1-6-35-22(32)19-18(13-30-10-11-31(15(4)12-30)24(34)27-14(2)3)29(5)23(33)28-21(19)16-8-7-9-17(25)20(16)26/h7-9,14-15,21H,6,10-13H2,1-5H3,(H,27,34)(H,28,33). The van der Waals surface area contributed by atoms with Crippen LogP contribution in [0.3, 0.4) is 0 Å². The Hall–Kier alpha value is -2.49. The Morgan fingerprint density at radius 2 is 1.97 bits per heavy atom. The number of rotatable bonds is 6. The summed E-state index contributed by atoms with van der Waals surface area (Å²) < 4.78 is 5.38. The van der Waals surface area contributed by atoms with Crippen LogP contribution in [0, 0.1) is 0 Å². The number of hydrogen-bond donors (Lipinski definition) is 2. The van der Waals surface area contributed by atoms with E-state index in [9.17, 15) is 14.4 Å². The first-order chi connectivity index (χ1) is 16.5. The maximum absolute atomic E-state index is 13.2. The van der Waals surface area contributed by atoms with Crippen molar-refractivity contribution < 1.29 is 19.1 Å². The van der Waals surface area contributed by atoms with Crippen molar-refractivity contribution in [2.24, 2.45) is 0 Å². The smallest absolute Gasteiger partial charge is 0.338 e. The van der Waals surface area contributed by atoms with E-state index < -0.39 is 12.0 Å². The van der Waals surface area contributed by atoms with Crippen LogP contribution in [0.4, 0.5) is 9.59 Å². The number of piperazine rings is 1. The van der Waals surface area contributed by atoms with Gasteiger partial charge in [-0.05, 0) is 39.3 Å². The highest BCUT2D eigenvalue weighted by atomic mass is 35.5. The molecule has 1 aromatic carbocycles. The van der Waals surface area contributed by atoms with Gasteiger partial charge in [0.15, 0.2) is 0 Å². The number of nitrogens with one attached hydrogen (secondary N) is 2. The molecule has 192 valence electrons. The Morgan fingerprint density at radius 1 is 1.26 bits per heavy atom. The third-order valence-electron chi connectivity index (χ3n) is 6.12. The number of urea groups is 2. The topological polar surface area (TPSA) is 94.2 Å². The predicted octanol–water partition coefficient (Wildman–Crippen LogP) is 3.63. The molecular formula is C24H33Cl2N5O4. The summed E-state index contributed by atoms with van der Waals surface area (Å²) in [4.78, 5) is 44.0. The first-order valence-corrected chi connectivity index (χ1v) is 12.5. The number of carbonyl (C=O) groups is 3. The quantitative estimate of drug-likeness (QED) is 0.553. The molecule has 9 nitrogen and oxygen atoms in total. The minimum absolute atomic E-state index is 0.0463. The van der Waals surface area contributed by atoms with E-state index in [2.05, 4.69) is 15.5 Å². The van der Waals surface area contributed by atoms with Crippen molar-refractivity contribution in [1.29, 1.82) is 0 Å². The molecule has 1 aromatic rings. The fourth-order valence-electron chi connectivity index (χ4n) is 4.39. The number of hydrogen-bond acceptors (Lipinski definition) is 5. The van der Waals surface area contributed by atoms with Crippen molar-refractivity contribution in [3.8, 4) is 0 Å². The van der Waals surface area contributed by atoms with E-state index in [1.807, 2.05) is 25.7 Å². The summed E-state index contributed by atoms with van der Waals surface area (Å²) in [6, 6.07) is 3.84. The van der Waals surface area contributed by atoms with Crippen molar-refractivity contribution in [3.63, 3.8) is 0 Å². The van der Waals surface area contributed by atoms with Gasteiger partial charge in [0.05, 0.1) is 28.3 Å². The van der Waals surface area contributed by atoms with Crippen LogP contribution >= 0.6 is 23.2 Å². The van der Waals surface area contributed by atoms with E-state index in [1.165, 1.54) is 4.90 Å². The molecule has 0 aliphatic carbocycles. The van der Waals surface area contributed by atoms with Gasteiger partial charge < -0.3 is 20.3 Å². The molecule has 2 N–H and O–H groups in total. The maximum atomic E-state index is 13.2. The van der Waals surface area contributed by atoms with Crippen LogP contribution < -0.4 is 10.6 Å². The van der Waals surface area contributed by atoms with Gasteiger partial charge in [-0.15, -0.1) is 0 Å². The Kier molecular flexibility index (Phi) is 8.90. The molecule has 2 unspecified atom stereocenters. The van der Waals surface area contributed by atoms with Crippen LogP contribution in [0.25, 0.3) is 0 Å². The third-order valence-corrected chi connectivity index (χ3v) is 6.96. The number of carbonyl (C=O) groups excluding carboxylic acids is 3. The van der Waals surface area contributed by atoms with E-state index in [0.29, 0.717) is 48.0 Å². The van der Waals surface area contributed by atoms with Crippen molar-refractivity contribution in [3.05, 3.63) is 45.1 Å². The molecule has 1 saturated heterocycles. The molecule has 0 saturated carbocycles. The average molecular weight is 526 g/mol. The van der Waals surface area contributed by atoms with Crippen molar-refractivity contribution in [1.82, 2.24) is 25.3 Å². The zero-order valence-electron chi connectivity index (χ0n) is 20.7. The SMILES string of the molecule is CCOC(=O)C1=C(CN2CCN(C(=O)NC(C)C)C(C)C2)N(C)C(=O)NC1c1cccc(Cl)c1Cl. The highest BCUT2D eigenvalue weighted by Gasteiger charge is 2.39. The van der Waals surface area contributed by atoms with Gasteiger partial charge in [-0.3, -0.25) is 9.80 Å². The van der Waals surface area contributed by atoms with Gasteiger partial charge in [-0.25, -0.2) is 14.4 Å². The van der Waals surface area contributed by atoms with Gasteiger partial charge in [-0.2, -0.15) is 0 Å². The maximum Gasteiger partial charge on any atom is 0.338 e. The molecule has 4 amide bonds. The Morgan fingerprint density at radius 3 is 2.60 bits per heavy atom. The fraction of sp³-hybridized carbons (Fsp3) is 0.542. The first-order valence-electron chi connectivity index (χ1n) is 11.7. The van der Waals surface area contributed by atoms with Gasteiger partial charge in [0, 0.05) is 51.0 Å². The van der Waals surface area contributed by atoms with Crippen molar-refractivity contribution >= 4 is 41.2 Å². The molecule has 2 aliphatic heterocycles. The zero-order valence-corrected chi connectivity index (χ0v) is 22.2. The average Bonchev–Trinajstić information content (AvgIpc) is 2.78. The molecule has 0 aromatic heterocycles. The molecule has 0 bridgehead atoms. The second-order valence-electron chi connectivity index (χ2n) is 9.05. The highest BCUT2D eigenvalue weighted by molar-refractivity contribution is 6.42. The largest absolute Gasteiger partial charge is 0.463 e. The second kappa shape index (κ2) is 11.5. The molecule has 2 heterocycles. The Balaban J connectivity index is 1.94. The molecule has 3 rings (SSSR count). The lowest BCUT2D eigenvalue weighted by molar-refractivity contribution is -0.139. The predicted molar refractivity (Wildman–Crippen MR) is 135 cm³/mol. The van der Waals surface area contributed by atoms with Gasteiger partial charge in [0.25, 0.3) is 0 Å². The number of esters is 1. The summed E-state index contributed by atoms with van der Waals surface area (Å²) in [5.41, 5.74) is 1.36. The lowest BCUT2D eigenvalue weighted by Gasteiger charge is -2.42. The Bertz CT molecular complexity index is 1020. The van der Waals surface area contributed by atoms with Crippen LogP contribution in [0.1, 0.15) is 39.3 Å². The molecule has 1 fully saturated rings. The molecule has 11 heteroatoms.